The number of nitrogens with one attached hydrogen (secondary N) is 1. The molecule has 120 valence electrons. The molecule has 0 fully saturated rings. The minimum absolute atomic E-state index is 0.538. The molecular weight excluding hydrogens is 300 g/mol. The molecule has 8 heteroatoms. The van der Waals surface area contributed by atoms with Crippen LogP contribution in [-0.2, 0) is 4.74 Å². The summed E-state index contributed by atoms with van der Waals surface area (Å²) in [5.74, 6) is 0. The molecule has 0 aromatic heterocycles. The molecule has 0 heterocycles. The van der Waals surface area contributed by atoms with E-state index in [9.17, 15) is 26.3 Å². The molecule has 0 radical (unpaired) electrons. The van der Waals surface area contributed by atoms with E-state index in [1.165, 1.54) is 14.0 Å². The lowest BCUT2D eigenvalue weighted by atomic mass is 10.0. The molecule has 2 atom stereocenters. The average Bonchev–Trinajstić information content (AvgIpc) is 2.35. The molecule has 0 saturated heterocycles. The summed E-state index contributed by atoms with van der Waals surface area (Å²) in [5.41, 5.74) is 0.538. The molecular formula is C13H15F6NO. The van der Waals surface area contributed by atoms with Crippen molar-refractivity contribution in [1.82, 2.24) is 5.32 Å². The van der Waals surface area contributed by atoms with Crippen LogP contribution in [0.5, 0.6) is 0 Å². The summed E-state index contributed by atoms with van der Waals surface area (Å²) in [6, 6.07) is 7.36. The van der Waals surface area contributed by atoms with Crippen LogP contribution in [0.2, 0.25) is 0 Å². The number of hydrogen-bond donors (Lipinski definition) is 1. The third-order valence-corrected chi connectivity index (χ3v) is 2.88. The van der Waals surface area contributed by atoms with Gasteiger partial charge < -0.3 is 10.1 Å². The minimum Gasteiger partial charge on any atom is -0.356 e. The first-order valence-electron chi connectivity index (χ1n) is 6.08. The van der Waals surface area contributed by atoms with E-state index in [4.69, 9.17) is 0 Å². The first-order valence-corrected chi connectivity index (χ1v) is 6.08. The van der Waals surface area contributed by atoms with Crippen LogP contribution in [0, 0.1) is 0 Å². The highest BCUT2D eigenvalue weighted by Crippen LogP contribution is 2.37. The Morgan fingerprint density at radius 1 is 0.952 bits per heavy atom. The Bertz CT molecular complexity index is 417. The molecule has 1 aromatic rings. The molecule has 2 unspecified atom stereocenters. The van der Waals surface area contributed by atoms with E-state index >= 15 is 0 Å². The molecule has 0 aliphatic heterocycles. The lowest BCUT2D eigenvalue weighted by molar-refractivity contribution is -0.331. The number of likely N-dealkylation sites (N-methyl/N-ethyl adjacent to an activating group) is 1. The van der Waals surface area contributed by atoms with Gasteiger partial charge in [0.05, 0.1) is 12.1 Å². The molecule has 1 rings (SSSR count). The van der Waals surface area contributed by atoms with Crippen molar-refractivity contribution in [3.05, 3.63) is 35.9 Å². The largest absolute Gasteiger partial charge is 0.423 e. The third-order valence-electron chi connectivity index (χ3n) is 2.88. The van der Waals surface area contributed by atoms with Gasteiger partial charge in [0.1, 0.15) is 0 Å². The van der Waals surface area contributed by atoms with E-state index in [0.717, 1.165) is 0 Å². The summed E-state index contributed by atoms with van der Waals surface area (Å²) in [6.45, 7) is 1.17. The van der Waals surface area contributed by atoms with Crippen LogP contribution in [0.1, 0.15) is 18.5 Å². The second-order valence-electron chi connectivity index (χ2n) is 4.48. The van der Waals surface area contributed by atoms with E-state index in [1.807, 2.05) is 0 Å². The monoisotopic (exact) mass is 315 g/mol. The third kappa shape index (κ3) is 4.89. The minimum atomic E-state index is -5.51. The maximum atomic E-state index is 12.5. The fourth-order valence-corrected chi connectivity index (χ4v) is 1.97. The van der Waals surface area contributed by atoms with Crippen LogP contribution in [0.25, 0.3) is 0 Å². The molecule has 0 amide bonds. The SMILES string of the molecule is CNC(c1ccccc1)C(C)OC(C(F)(F)F)C(F)(F)F. The van der Waals surface area contributed by atoms with Gasteiger partial charge in [0.2, 0.25) is 6.10 Å². The fourth-order valence-electron chi connectivity index (χ4n) is 1.97. The van der Waals surface area contributed by atoms with Crippen LogP contribution >= 0.6 is 0 Å². The summed E-state index contributed by atoms with van der Waals surface area (Å²) in [5, 5.41) is 2.67. The van der Waals surface area contributed by atoms with Crippen LogP contribution < -0.4 is 5.32 Å². The predicted molar refractivity (Wildman–Crippen MR) is 64.7 cm³/mol. The van der Waals surface area contributed by atoms with E-state index in [-0.39, 0.29) is 0 Å². The first kappa shape index (κ1) is 17.8. The van der Waals surface area contributed by atoms with Gasteiger partial charge in [-0.05, 0) is 19.5 Å². The van der Waals surface area contributed by atoms with Gasteiger partial charge in [0.15, 0.2) is 0 Å². The van der Waals surface area contributed by atoms with E-state index in [1.54, 1.807) is 30.3 Å². The number of alkyl halides is 6. The van der Waals surface area contributed by atoms with Crippen LogP contribution in [-0.4, -0.2) is 31.6 Å². The Kier molecular flexibility index (Phi) is 5.63. The molecule has 0 saturated carbocycles. The second kappa shape index (κ2) is 6.65. The van der Waals surface area contributed by atoms with Gasteiger partial charge in [0, 0.05) is 0 Å². The fraction of sp³-hybridized carbons (Fsp3) is 0.538. The molecule has 0 bridgehead atoms. The molecule has 2 nitrogen and oxygen atoms in total. The molecule has 0 aliphatic rings. The number of ether oxygens (including phenoxy) is 1. The zero-order chi connectivity index (χ0) is 16.3. The van der Waals surface area contributed by atoms with Gasteiger partial charge in [-0.1, -0.05) is 30.3 Å². The molecule has 21 heavy (non-hydrogen) atoms. The highest BCUT2D eigenvalue weighted by molar-refractivity contribution is 5.19. The maximum Gasteiger partial charge on any atom is 0.423 e. The first-order chi connectivity index (χ1) is 9.57. The zero-order valence-electron chi connectivity index (χ0n) is 11.3. The van der Waals surface area contributed by atoms with Crippen molar-refractivity contribution < 1.29 is 31.1 Å². The van der Waals surface area contributed by atoms with Crippen molar-refractivity contribution in [3.8, 4) is 0 Å². The van der Waals surface area contributed by atoms with Gasteiger partial charge in [-0.2, -0.15) is 26.3 Å². The van der Waals surface area contributed by atoms with E-state index < -0.39 is 30.6 Å². The van der Waals surface area contributed by atoms with Crippen molar-refractivity contribution in [2.45, 2.75) is 37.5 Å². The average molecular weight is 315 g/mol. The molecule has 1 N–H and O–H groups in total. The number of halogens is 6. The van der Waals surface area contributed by atoms with Crippen LogP contribution in [0.4, 0.5) is 26.3 Å². The number of benzene rings is 1. The Morgan fingerprint density at radius 2 is 1.43 bits per heavy atom. The Balaban J connectivity index is 2.93. The predicted octanol–water partition coefficient (Wildman–Crippen LogP) is 3.85. The van der Waals surface area contributed by atoms with Crippen LogP contribution in [0.15, 0.2) is 30.3 Å². The van der Waals surface area contributed by atoms with Crippen molar-refractivity contribution in [2.75, 3.05) is 7.05 Å². The van der Waals surface area contributed by atoms with Gasteiger partial charge in [-0.15, -0.1) is 0 Å². The summed E-state index contributed by atoms with van der Waals surface area (Å²) in [7, 11) is 1.44. The van der Waals surface area contributed by atoms with Crippen molar-refractivity contribution in [1.29, 1.82) is 0 Å². The normalized spacial score (nSPS) is 16.0. The van der Waals surface area contributed by atoms with E-state index in [0.29, 0.717) is 5.56 Å². The van der Waals surface area contributed by atoms with Crippen LogP contribution in [0.3, 0.4) is 0 Å². The van der Waals surface area contributed by atoms with Crippen molar-refractivity contribution in [2.24, 2.45) is 0 Å². The molecule has 1 aromatic carbocycles. The summed E-state index contributed by atoms with van der Waals surface area (Å²) >= 11 is 0. The Morgan fingerprint density at radius 3 is 1.81 bits per heavy atom. The number of rotatable bonds is 5. The Labute approximate surface area is 118 Å². The lowest BCUT2D eigenvalue weighted by Gasteiger charge is -2.30. The van der Waals surface area contributed by atoms with E-state index in [2.05, 4.69) is 10.1 Å². The summed E-state index contributed by atoms with van der Waals surface area (Å²) in [6.07, 6.45) is -16.2. The van der Waals surface area contributed by atoms with Gasteiger partial charge in [0.25, 0.3) is 0 Å². The smallest absolute Gasteiger partial charge is 0.356 e. The van der Waals surface area contributed by atoms with Crippen molar-refractivity contribution in [3.63, 3.8) is 0 Å². The lowest BCUT2D eigenvalue weighted by Crippen LogP contribution is -2.47. The highest BCUT2D eigenvalue weighted by atomic mass is 19.4. The highest BCUT2D eigenvalue weighted by Gasteiger charge is 2.58. The van der Waals surface area contributed by atoms with Gasteiger partial charge in [-0.3, -0.25) is 0 Å². The molecule has 0 spiro atoms. The van der Waals surface area contributed by atoms with Gasteiger partial charge in [-0.25, -0.2) is 0 Å². The van der Waals surface area contributed by atoms with Gasteiger partial charge >= 0.3 is 12.4 Å². The Hall–Kier alpha value is -1.28. The number of hydrogen-bond acceptors (Lipinski definition) is 2. The molecule has 0 aliphatic carbocycles. The summed E-state index contributed by atoms with van der Waals surface area (Å²) < 4.78 is 79.2. The standard InChI is InChI=1S/C13H15F6NO/c1-8(10(20-2)9-6-4-3-5-7-9)21-11(12(14,15)16)13(17,18)19/h3-8,10-11,20H,1-2H3. The maximum absolute atomic E-state index is 12.5. The van der Waals surface area contributed by atoms with Crippen molar-refractivity contribution >= 4 is 0 Å². The second-order valence-corrected chi connectivity index (χ2v) is 4.48. The zero-order valence-corrected chi connectivity index (χ0v) is 11.3. The summed E-state index contributed by atoms with van der Waals surface area (Å²) in [4.78, 5) is 0. The quantitative estimate of drug-likeness (QED) is 0.834. The topological polar surface area (TPSA) is 21.3 Å².